The summed E-state index contributed by atoms with van der Waals surface area (Å²) in [5.74, 6) is 3.73. The highest BCUT2D eigenvalue weighted by molar-refractivity contribution is 7.99. The van der Waals surface area contributed by atoms with Gasteiger partial charge in [-0.15, -0.1) is 0 Å². The van der Waals surface area contributed by atoms with Crippen molar-refractivity contribution in [1.82, 2.24) is 5.32 Å². The van der Waals surface area contributed by atoms with Crippen LogP contribution in [0.3, 0.4) is 0 Å². The molecule has 1 aliphatic rings. The van der Waals surface area contributed by atoms with Crippen LogP contribution in [0.2, 0.25) is 0 Å². The summed E-state index contributed by atoms with van der Waals surface area (Å²) in [7, 11) is 0. The van der Waals surface area contributed by atoms with Crippen LogP contribution in [0.15, 0.2) is 0 Å². The zero-order valence-corrected chi connectivity index (χ0v) is 11.2. The minimum atomic E-state index is 0.792. The minimum Gasteiger partial charge on any atom is -0.314 e. The zero-order valence-electron chi connectivity index (χ0n) is 10.4. The van der Waals surface area contributed by atoms with Gasteiger partial charge in [-0.2, -0.15) is 11.8 Å². The molecule has 0 aromatic rings. The van der Waals surface area contributed by atoms with Gasteiger partial charge in [0.05, 0.1) is 0 Å². The Morgan fingerprint density at radius 3 is 2.73 bits per heavy atom. The van der Waals surface area contributed by atoms with Gasteiger partial charge < -0.3 is 5.32 Å². The van der Waals surface area contributed by atoms with E-state index < -0.39 is 0 Å². The van der Waals surface area contributed by atoms with Crippen molar-refractivity contribution >= 4 is 11.8 Å². The summed E-state index contributed by atoms with van der Waals surface area (Å²) in [5.41, 5.74) is 0. The van der Waals surface area contributed by atoms with Gasteiger partial charge in [0.25, 0.3) is 0 Å². The molecule has 1 aliphatic heterocycles. The number of hydrogen-bond donors (Lipinski definition) is 1. The van der Waals surface area contributed by atoms with Crippen LogP contribution in [0.1, 0.15) is 52.4 Å². The molecule has 0 aromatic heterocycles. The zero-order chi connectivity index (χ0) is 10.9. The molecular weight excluding hydrogens is 202 g/mol. The molecule has 0 saturated carbocycles. The summed E-state index contributed by atoms with van der Waals surface area (Å²) in [4.78, 5) is 0. The lowest BCUT2D eigenvalue weighted by Gasteiger charge is -2.20. The van der Waals surface area contributed by atoms with Crippen molar-refractivity contribution in [3.63, 3.8) is 0 Å². The van der Waals surface area contributed by atoms with E-state index in [4.69, 9.17) is 0 Å². The van der Waals surface area contributed by atoms with E-state index in [1.165, 1.54) is 56.6 Å². The van der Waals surface area contributed by atoms with E-state index in [1.807, 2.05) is 0 Å². The first-order valence-corrected chi connectivity index (χ1v) is 7.83. The average molecular weight is 229 g/mol. The summed E-state index contributed by atoms with van der Waals surface area (Å²) >= 11 is 2.13. The maximum atomic E-state index is 3.78. The molecule has 2 heteroatoms. The molecule has 1 heterocycles. The number of unbranched alkanes of at least 4 members (excludes halogenated alkanes) is 1. The lowest BCUT2D eigenvalue weighted by atomic mass is 10.0. The number of hydrogen-bond acceptors (Lipinski definition) is 2. The Labute approximate surface area is 99.8 Å². The first-order chi connectivity index (χ1) is 7.36. The predicted molar refractivity (Wildman–Crippen MR) is 71.7 cm³/mol. The standard InChI is InChI=1S/C13H27NS/c1-3-5-7-13(6-4-2)14-10-12-8-9-15-11-12/h12-14H,3-11H2,1-2H3. The van der Waals surface area contributed by atoms with Gasteiger partial charge in [-0.1, -0.05) is 33.1 Å². The highest BCUT2D eigenvalue weighted by Crippen LogP contribution is 2.22. The smallest absolute Gasteiger partial charge is 0.00670 e. The lowest BCUT2D eigenvalue weighted by Crippen LogP contribution is -2.33. The Hall–Kier alpha value is 0.310. The Morgan fingerprint density at radius 2 is 2.13 bits per heavy atom. The van der Waals surface area contributed by atoms with Crippen molar-refractivity contribution in [3.8, 4) is 0 Å². The molecule has 2 atom stereocenters. The van der Waals surface area contributed by atoms with Gasteiger partial charge in [0.15, 0.2) is 0 Å². The van der Waals surface area contributed by atoms with Gasteiger partial charge in [0, 0.05) is 6.04 Å². The fourth-order valence-corrected chi connectivity index (χ4v) is 3.51. The molecule has 1 rings (SSSR count). The molecule has 15 heavy (non-hydrogen) atoms. The van der Waals surface area contributed by atoms with Crippen molar-refractivity contribution in [2.75, 3.05) is 18.1 Å². The summed E-state index contributed by atoms with van der Waals surface area (Å²) in [6.07, 6.45) is 8.22. The molecule has 1 saturated heterocycles. The summed E-state index contributed by atoms with van der Waals surface area (Å²) < 4.78 is 0. The third-order valence-electron chi connectivity index (χ3n) is 3.26. The van der Waals surface area contributed by atoms with Gasteiger partial charge in [0.1, 0.15) is 0 Å². The van der Waals surface area contributed by atoms with E-state index >= 15 is 0 Å². The SMILES string of the molecule is CCCCC(CCC)NCC1CCSC1. The number of rotatable bonds is 8. The van der Waals surface area contributed by atoms with Crippen LogP contribution in [0.4, 0.5) is 0 Å². The summed E-state index contributed by atoms with van der Waals surface area (Å²) in [6, 6.07) is 0.792. The second-order valence-corrected chi connectivity index (χ2v) is 5.92. The van der Waals surface area contributed by atoms with Crippen LogP contribution in [0.5, 0.6) is 0 Å². The Morgan fingerprint density at radius 1 is 1.27 bits per heavy atom. The lowest BCUT2D eigenvalue weighted by molar-refractivity contribution is 0.400. The fourth-order valence-electron chi connectivity index (χ4n) is 2.23. The van der Waals surface area contributed by atoms with Crippen molar-refractivity contribution in [3.05, 3.63) is 0 Å². The van der Waals surface area contributed by atoms with Crippen LogP contribution in [-0.4, -0.2) is 24.1 Å². The summed E-state index contributed by atoms with van der Waals surface area (Å²) in [6.45, 7) is 5.85. The van der Waals surface area contributed by atoms with Crippen molar-refractivity contribution in [1.29, 1.82) is 0 Å². The Balaban J connectivity index is 2.11. The molecule has 0 aliphatic carbocycles. The van der Waals surface area contributed by atoms with Crippen LogP contribution in [0, 0.1) is 5.92 Å². The molecule has 0 spiro atoms. The topological polar surface area (TPSA) is 12.0 Å². The van der Waals surface area contributed by atoms with Gasteiger partial charge in [0.2, 0.25) is 0 Å². The monoisotopic (exact) mass is 229 g/mol. The van der Waals surface area contributed by atoms with Crippen molar-refractivity contribution in [2.24, 2.45) is 5.92 Å². The second-order valence-electron chi connectivity index (χ2n) is 4.77. The van der Waals surface area contributed by atoms with E-state index in [0.717, 1.165) is 12.0 Å². The molecular formula is C13H27NS. The van der Waals surface area contributed by atoms with Gasteiger partial charge in [-0.3, -0.25) is 0 Å². The molecule has 0 aromatic carbocycles. The highest BCUT2D eigenvalue weighted by Gasteiger charge is 2.16. The number of thioether (sulfide) groups is 1. The van der Waals surface area contributed by atoms with E-state index in [9.17, 15) is 0 Å². The van der Waals surface area contributed by atoms with Crippen LogP contribution in [0.25, 0.3) is 0 Å². The van der Waals surface area contributed by atoms with Crippen molar-refractivity contribution in [2.45, 2.75) is 58.4 Å². The maximum absolute atomic E-state index is 3.78. The molecule has 1 N–H and O–H groups in total. The van der Waals surface area contributed by atoms with E-state index in [1.54, 1.807) is 0 Å². The van der Waals surface area contributed by atoms with Gasteiger partial charge in [-0.05, 0) is 43.2 Å². The molecule has 1 fully saturated rings. The summed E-state index contributed by atoms with van der Waals surface area (Å²) in [5, 5.41) is 3.78. The van der Waals surface area contributed by atoms with E-state index in [2.05, 4.69) is 30.9 Å². The molecule has 2 unspecified atom stereocenters. The second kappa shape index (κ2) is 8.46. The highest BCUT2D eigenvalue weighted by atomic mass is 32.2. The molecule has 1 nitrogen and oxygen atoms in total. The van der Waals surface area contributed by atoms with Crippen LogP contribution >= 0.6 is 11.8 Å². The third kappa shape index (κ3) is 5.82. The van der Waals surface area contributed by atoms with Crippen LogP contribution < -0.4 is 5.32 Å². The first kappa shape index (κ1) is 13.4. The molecule has 0 bridgehead atoms. The quantitative estimate of drug-likeness (QED) is 0.681. The van der Waals surface area contributed by atoms with E-state index in [-0.39, 0.29) is 0 Å². The predicted octanol–water partition coefficient (Wildman–Crippen LogP) is 3.69. The fraction of sp³-hybridized carbons (Fsp3) is 1.00. The average Bonchev–Trinajstić information content (AvgIpc) is 2.75. The normalized spacial score (nSPS) is 23.2. The van der Waals surface area contributed by atoms with Gasteiger partial charge >= 0.3 is 0 Å². The molecule has 0 radical (unpaired) electrons. The Kier molecular flexibility index (Phi) is 7.54. The van der Waals surface area contributed by atoms with Gasteiger partial charge in [-0.25, -0.2) is 0 Å². The Bertz CT molecular complexity index is 143. The maximum Gasteiger partial charge on any atom is 0.00670 e. The van der Waals surface area contributed by atoms with E-state index in [0.29, 0.717) is 0 Å². The number of nitrogens with one attached hydrogen (secondary N) is 1. The van der Waals surface area contributed by atoms with Crippen LogP contribution in [-0.2, 0) is 0 Å². The van der Waals surface area contributed by atoms with Crippen molar-refractivity contribution < 1.29 is 0 Å². The molecule has 90 valence electrons. The molecule has 0 amide bonds. The first-order valence-electron chi connectivity index (χ1n) is 6.68. The largest absolute Gasteiger partial charge is 0.314 e. The third-order valence-corrected chi connectivity index (χ3v) is 4.49. The minimum absolute atomic E-state index is 0.792.